The largest absolute Gasteiger partial charge is 0.456 e. The maximum Gasteiger partial charge on any atom is 0.136 e. The molecule has 7 aromatic carbocycles. The van der Waals surface area contributed by atoms with Gasteiger partial charge >= 0.3 is 0 Å². The fourth-order valence-corrected chi connectivity index (χ4v) is 7.90. The average Bonchev–Trinajstić information content (AvgIpc) is 3.79. The monoisotopic (exact) mass is 630 g/mol. The number of furan rings is 1. The minimum atomic E-state index is 0.140. The van der Waals surface area contributed by atoms with Crippen molar-refractivity contribution in [1.82, 2.24) is 9.13 Å². The van der Waals surface area contributed by atoms with E-state index in [0.29, 0.717) is 0 Å². The first-order chi connectivity index (χ1) is 23.9. The topological polar surface area (TPSA) is 23.0 Å². The summed E-state index contributed by atoms with van der Waals surface area (Å²) in [5.41, 5.74) is 12.8. The molecule has 0 aliphatic carbocycles. The molecule has 3 aromatic heterocycles. The summed E-state index contributed by atoms with van der Waals surface area (Å²) in [4.78, 5) is 0. The summed E-state index contributed by atoms with van der Waals surface area (Å²) in [7, 11) is 0. The van der Waals surface area contributed by atoms with Crippen LogP contribution in [0.2, 0.25) is 0 Å². The van der Waals surface area contributed by atoms with Gasteiger partial charge in [-0.15, -0.1) is 0 Å². The van der Waals surface area contributed by atoms with Gasteiger partial charge in [0, 0.05) is 43.7 Å². The van der Waals surface area contributed by atoms with Crippen molar-refractivity contribution in [3.8, 4) is 22.5 Å². The third-order valence-electron chi connectivity index (χ3n) is 10.3. The van der Waals surface area contributed by atoms with Crippen molar-refractivity contribution in [3.63, 3.8) is 0 Å². The van der Waals surface area contributed by atoms with Gasteiger partial charge in [0.05, 0.1) is 22.1 Å². The summed E-state index contributed by atoms with van der Waals surface area (Å²) in [6.45, 7) is 6.77. The van der Waals surface area contributed by atoms with Crippen LogP contribution in [-0.2, 0) is 5.41 Å². The van der Waals surface area contributed by atoms with E-state index >= 15 is 0 Å². The lowest BCUT2D eigenvalue weighted by molar-refractivity contribution is 0.590. The van der Waals surface area contributed by atoms with Crippen LogP contribution in [0, 0.1) is 0 Å². The molecule has 49 heavy (non-hydrogen) atoms. The Labute approximate surface area is 284 Å². The van der Waals surface area contributed by atoms with Gasteiger partial charge in [-0.1, -0.05) is 112 Å². The Morgan fingerprint density at radius 2 is 0.959 bits per heavy atom. The number of fused-ring (bicyclic) bond motifs is 10. The maximum atomic E-state index is 6.31. The highest BCUT2D eigenvalue weighted by atomic mass is 16.3. The molecule has 0 aliphatic rings. The predicted octanol–water partition coefficient (Wildman–Crippen LogP) is 12.7. The zero-order valence-corrected chi connectivity index (χ0v) is 27.7. The van der Waals surface area contributed by atoms with E-state index in [1.165, 1.54) is 65.7 Å². The van der Waals surface area contributed by atoms with Gasteiger partial charge in [-0.25, -0.2) is 0 Å². The van der Waals surface area contributed by atoms with Crippen molar-refractivity contribution in [3.05, 3.63) is 157 Å². The molecule has 3 heteroatoms. The molecular weight excluding hydrogens is 597 g/mol. The molecule has 0 atom stereocenters. The SMILES string of the molecule is CC(C)(C)c1ccc(-c2ccc(-n3c4ccccc4c4cc(-n5c6ccccc6c6c7c(ccc65)oc5ccccc57)ccc43)cc2)cc1. The number of hydrogen-bond donors (Lipinski definition) is 0. The van der Waals surface area contributed by atoms with E-state index in [4.69, 9.17) is 4.42 Å². The molecule has 0 spiro atoms. The zero-order valence-electron chi connectivity index (χ0n) is 27.7. The van der Waals surface area contributed by atoms with E-state index in [0.717, 1.165) is 27.9 Å². The number of rotatable bonds is 3. The van der Waals surface area contributed by atoms with Gasteiger partial charge in [0.15, 0.2) is 0 Å². The van der Waals surface area contributed by atoms with Gasteiger partial charge in [-0.3, -0.25) is 0 Å². The molecule has 0 fully saturated rings. The Balaban J connectivity index is 1.15. The Morgan fingerprint density at radius 1 is 0.408 bits per heavy atom. The molecule has 10 aromatic rings. The molecular formula is C46H34N2O. The number of hydrogen-bond acceptors (Lipinski definition) is 1. The molecule has 234 valence electrons. The fraction of sp³-hybridized carbons (Fsp3) is 0.0870. The van der Waals surface area contributed by atoms with Gasteiger partial charge in [0.2, 0.25) is 0 Å². The van der Waals surface area contributed by atoms with Crippen LogP contribution < -0.4 is 0 Å². The molecule has 0 radical (unpaired) electrons. The first kappa shape index (κ1) is 28.0. The normalized spacial score (nSPS) is 12.4. The highest BCUT2D eigenvalue weighted by Crippen LogP contribution is 2.42. The summed E-state index contributed by atoms with van der Waals surface area (Å²) in [5.74, 6) is 0. The van der Waals surface area contributed by atoms with E-state index in [1.54, 1.807) is 0 Å². The Morgan fingerprint density at radius 3 is 1.69 bits per heavy atom. The van der Waals surface area contributed by atoms with Crippen molar-refractivity contribution in [1.29, 1.82) is 0 Å². The van der Waals surface area contributed by atoms with Crippen LogP contribution in [0.1, 0.15) is 26.3 Å². The van der Waals surface area contributed by atoms with E-state index < -0.39 is 0 Å². The maximum absolute atomic E-state index is 6.31. The molecule has 0 amide bonds. The smallest absolute Gasteiger partial charge is 0.136 e. The lowest BCUT2D eigenvalue weighted by atomic mass is 9.86. The highest BCUT2D eigenvalue weighted by Gasteiger charge is 2.20. The van der Waals surface area contributed by atoms with Crippen molar-refractivity contribution in [2.75, 3.05) is 0 Å². The van der Waals surface area contributed by atoms with Crippen LogP contribution >= 0.6 is 0 Å². The third-order valence-corrected chi connectivity index (χ3v) is 10.3. The van der Waals surface area contributed by atoms with Gasteiger partial charge < -0.3 is 13.6 Å². The summed E-state index contributed by atoms with van der Waals surface area (Å²) < 4.78 is 11.1. The second kappa shape index (κ2) is 10.2. The van der Waals surface area contributed by atoms with Crippen LogP contribution in [0.5, 0.6) is 0 Å². The molecule has 3 nitrogen and oxygen atoms in total. The number of nitrogens with zero attached hydrogens (tertiary/aromatic N) is 2. The molecule has 3 heterocycles. The zero-order chi connectivity index (χ0) is 32.9. The second-order valence-electron chi connectivity index (χ2n) is 14.2. The van der Waals surface area contributed by atoms with E-state index in [2.05, 4.69) is 175 Å². The predicted molar refractivity (Wildman–Crippen MR) is 207 cm³/mol. The highest BCUT2D eigenvalue weighted by molar-refractivity contribution is 6.27. The van der Waals surface area contributed by atoms with Crippen LogP contribution in [0.25, 0.3) is 88.1 Å². The van der Waals surface area contributed by atoms with Crippen LogP contribution in [0.15, 0.2) is 156 Å². The quantitative estimate of drug-likeness (QED) is 0.190. The summed E-state index contributed by atoms with van der Waals surface area (Å²) >= 11 is 0. The van der Waals surface area contributed by atoms with Crippen molar-refractivity contribution in [2.45, 2.75) is 26.2 Å². The van der Waals surface area contributed by atoms with E-state index in [-0.39, 0.29) is 5.41 Å². The van der Waals surface area contributed by atoms with Crippen LogP contribution in [0.3, 0.4) is 0 Å². The van der Waals surface area contributed by atoms with Gasteiger partial charge in [0.25, 0.3) is 0 Å². The van der Waals surface area contributed by atoms with Crippen LogP contribution in [0.4, 0.5) is 0 Å². The van der Waals surface area contributed by atoms with E-state index in [1.807, 2.05) is 6.07 Å². The summed E-state index contributed by atoms with van der Waals surface area (Å²) in [6.07, 6.45) is 0. The lowest BCUT2D eigenvalue weighted by Crippen LogP contribution is -2.10. The molecule has 0 saturated heterocycles. The molecule has 0 aliphatic heterocycles. The number of benzene rings is 7. The van der Waals surface area contributed by atoms with Crippen LogP contribution in [-0.4, -0.2) is 9.13 Å². The van der Waals surface area contributed by atoms with Gasteiger partial charge in [-0.05, 0) is 82.8 Å². The third kappa shape index (κ3) is 4.15. The van der Waals surface area contributed by atoms with E-state index in [9.17, 15) is 0 Å². The van der Waals surface area contributed by atoms with Crippen molar-refractivity contribution < 1.29 is 4.42 Å². The molecule has 0 unspecified atom stereocenters. The summed E-state index contributed by atoms with van der Waals surface area (Å²) in [6, 6.07) is 55.1. The Hall–Kier alpha value is -6.06. The van der Waals surface area contributed by atoms with Gasteiger partial charge in [0.1, 0.15) is 11.2 Å². The average molecular weight is 631 g/mol. The molecule has 0 N–H and O–H groups in total. The fourth-order valence-electron chi connectivity index (χ4n) is 7.90. The minimum absolute atomic E-state index is 0.140. The first-order valence-corrected chi connectivity index (χ1v) is 17.0. The molecule has 0 saturated carbocycles. The minimum Gasteiger partial charge on any atom is -0.456 e. The van der Waals surface area contributed by atoms with Crippen molar-refractivity contribution >= 4 is 65.6 Å². The standard InChI is InChI=1S/C46H34N2O/c1-46(2,3)31-20-16-29(17-21-31)30-18-22-32(23-19-30)47-38-13-7-4-10-34(38)37-28-33(24-25-40(37)47)48-39-14-8-5-11-35(39)44-41(48)26-27-43-45(44)36-12-6-9-15-42(36)49-43/h4-28H,1-3H3. The lowest BCUT2D eigenvalue weighted by Gasteiger charge is -2.19. The second-order valence-corrected chi connectivity index (χ2v) is 14.2. The first-order valence-electron chi connectivity index (χ1n) is 17.0. The van der Waals surface area contributed by atoms with Gasteiger partial charge in [-0.2, -0.15) is 0 Å². The Kier molecular flexibility index (Phi) is 5.84. The number of aromatic nitrogens is 2. The summed E-state index contributed by atoms with van der Waals surface area (Å²) in [5, 5.41) is 7.26. The molecule has 0 bridgehead atoms. The molecule has 10 rings (SSSR count). The Bertz CT molecular complexity index is 2890. The van der Waals surface area contributed by atoms with Crippen molar-refractivity contribution in [2.24, 2.45) is 0 Å². The number of para-hydroxylation sites is 3.